The molecule has 1 fully saturated rings. The number of alkyl halides is 5. The molecular formula is C22H16F6N4O4. The first-order valence-electron chi connectivity index (χ1n) is 10.2. The van der Waals surface area contributed by atoms with E-state index in [0.29, 0.717) is 4.90 Å². The number of aliphatic hydroxyl groups is 3. The molecule has 4 rings (SSSR count). The summed E-state index contributed by atoms with van der Waals surface area (Å²) in [5.41, 5.74) is -4.65. The Hall–Kier alpha value is -3.67. The summed E-state index contributed by atoms with van der Waals surface area (Å²) < 4.78 is 81.4. The van der Waals surface area contributed by atoms with Gasteiger partial charge < -0.3 is 20.2 Å². The lowest BCUT2D eigenvalue weighted by molar-refractivity contribution is -0.374. The highest BCUT2D eigenvalue weighted by Gasteiger charge is 2.62. The van der Waals surface area contributed by atoms with Gasteiger partial charge in [0.1, 0.15) is 16.9 Å². The van der Waals surface area contributed by atoms with Crippen molar-refractivity contribution in [3.63, 3.8) is 0 Å². The summed E-state index contributed by atoms with van der Waals surface area (Å²) in [6, 6.07) is 5.19. The summed E-state index contributed by atoms with van der Waals surface area (Å²) in [7, 11) is 0. The topological polar surface area (TPSA) is 112 Å². The summed E-state index contributed by atoms with van der Waals surface area (Å²) in [5, 5.41) is 28.0. The molecule has 0 saturated heterocycles. The van der Waals surface area contributed by atoms with Gasteiger partial charge in [-0.25, -0.2) is 27.5 Å². The number of hydrogen-bond acceptors (Lipinski definition) is 7. The molecule has 0 bridgehead atoms. The third-order valence-electron chi connectivity index (χ3n) is 5.50. The van der Waals surface area contributed by atoms with Gasteiger partial charge >= 0.3 is 18.0 Å². The van der Waals surface area contributed by atoms with Gasteiger partial charge in [-0.05, 0) is 43.0 Å². The van der Waals surface area contributed by atoms with Crippen LogP contribution >= 0.6 is 0 Å². The number of hydrogen-bond donors (Lipinski definition) is 3. The second-order valence-corrected chi connectivity index (χ2v) is 8.02. The van der Waals surface area contributed by atoms with E-state index in [1.165, 1.54) is 6.07 Å². The molecule has 14 heteroatoms. The van der Waals surface area contributed by atoms with Crippen LogP contribution in [0.2, 0.25) is 0 Å². The standard InChI is InChI=1S/C22H16F6N4O4/c23-14-2-1-3-15-17(14)18(30-19(33)32(15)22(34,35)36)31(11-16(24)25)13-5-9-29-12(10-13)4-6-20(7-8-20)21(26,27)28/h1-3,5,9-10,16,34-36H,7-8,11H2. The van der Waals surface area contributed by atoms with E-state index in [2.05, 4.69) is 21.8 Å². The number of pyridine rings is 1. The average Bonchev–Trinajstić information content (AvgIpc) is 3.56. The highest BCUT2D eigenvalue weighted by atomic mass is 19.4. The first-order valence-corrected chi connectivity index (χ1v) is 10.2. The van der Waals surface area contributed by atoms with Gasteiger partial charge in [-0.15, -0.1) is 0 Å². The molecule has 0 amide bonds. The summed E-state index contributed by atoms with van der Waals surface area (Å²) in [6.45, 7) is -1.15. The Balaban J connectivity index is 1.89. The number of halogens is 6. The maximum Gasteiger partial charge on any atom is 0.405 e. The lowest BCUT2D eigenvalue weighted by Gasteiger charge is -2.27. The Bertz CT molecular complexity index is 1430. The van der Waals surface area contributed by atoms with E-state index < -0.39 is 58.9 Å². The summed E-state index contributed by atoms with van der Waals surface area (Å²) in [4.78, 5) is 20.5. The predicted molar refractivity (Wildman–Crippen MR) is 112 cm³/mol. The normalized spacial score (nSPS) is 15.1. The predicted octanol–water partition coefficient (Wildman–Crippen LogP) is 2.57. The van der Waals surface area contributed by atoms with Crippen molar-refractivity contribution in [1.82, 2.24) is 14.5 Å². The van der Waals surface area contributed by atoms with Gasteiger partial charge in [-0.3, -0.25) is 0 Å². The van der Waals surface area contributed by atoms with Crippen molar-refractivity contribution in [2.24, 2.45) is 5.41 Å². The molecule has 8 nitrogen and oxygen atoms in total. The summed E-state index contributed by atoms with van der Waals surface area (Å²) in [5.74, 6) is 2.63. The Labute approximate surface area is 198 Å². The molecule has 1 saturated carbocycles. The van der Waals surface area contributed by atoms with Crippen LogP contribution in [0.25, 0.3) is 10.9 Å². The molecule has 0 spiro atoms. The van der Waals surface area contributed by atoms with Crippen LogP contribution in [0.4, 0.5) is 37.8 Å². The lowest BCUT2D eigenvalue weighted by Crippen LogP contribution is -2.43. The number of benzene rings is 1. The van der Waals surface area contributed by atoms with Crippen molar-refractivity contribution in [2.75, 3.05) is 11.4 Å². The Morgan fingerprint density at radius 1 is 1.17 bits per heavy atom. The van der Waals surface area contributed by atoms with E-state index in [-0.39, 0.29) is 28.8 Å². The molecule has 1 aromatic carbocycles. The van der Waals surface area contributed by atoms with Crippen LogP contribution in [-0.2, 0) is 6.10 Å². The monoisotopic (exact) mass is 514 g/mol. The Morgan fingerprint density at radius 2 is 1.86 bits per heavy atom. The van der Waals surface area contributed by atoms with Gasteiger partial charge in [0.05, 0.1) is 17.4 Å². The molecule has 0 unspecified atom stereocenters. The second-order valence-electron chi connectivity index (χ2n) is 8.02. The van der Waals surface area contributed by atoms with E-state index in [1.807, 2.05) is 0 Å². The fourth-order valence-electron chi connectivity index (χ4n) is 3.60. The van der Waals surface area contributed by atoms with Crippen molar-refractivity contribution in [3.8, 4) is 11.8 Å². The van der Waals surface area contributed by atoms with E-state index in [0.717, 1.165) is 30.5 Å². The molecule has 190 valence electrons. The molecule has 1 aliphatic rings. The van der Waals surface area contributed by atoms with Crippen LogP contribution in [0.1, 0.15) is 18.5 Å². The number of anilines is 2. The van der Waals surface area contributed by atoms with Crippen molar-refractivity contribution < 1.29 is 41.7 Å². The summed E-state index contributed by atoms with van der Waals surface area (Å²) in [6.07, 6.45) is -10.7. The molecule has 0 radical (unpaired) electrons. The van der Waals surface area contributed by atoms with Gasteiger partial charge in [0.2, 0.25) is 0 Å². The maximum atomic E-state index is 14.9. The van der Waals surface area contributed by atoms with Crippen LogP contribution in [0.15, 0.2) is 41.3 Å². The van der Waals surface area contributed by atoms with E-state index in [9.17, 15) is 46.5 Å². The third kappa shape index (κ3) is 4.72. The van der Waals surface area contributed by atoms with Crippen LogP contribution < -0.4 is 10.6 Å². The number of fused-ring (bicyclic) bond motifs is 1. The number of rotatable bonds is 5. The smallest absolute Gasteiger partial charge is 0.325 e. The van der Waals surface area contributed by atoms with Crippen molar-refractivity contribution >= 4 is 22.4 Å². The minimum absolute atomic E-state index is 0.0643. The number of aromatic nitrogens is 3. The van der Waals surface area contributed by atoms with Crippen molar-refractivity contribution in [2.45, 2.75) is 31.5 Å². The molecule has 3 N–H and O–H groups in total. The minimum atomic E-state index is -4.55. The third-order valence-corrected chi connectivity index (χ3v) is 5.50. The first kappa shape index (κ1) is 25.4. The van der Waals surface area contributed by atoms with E-state index in [4.69, 9.17) is 0 Å². The van der Waals surface area contributed by atoms with Gasteiger partial charge in [0.25, 0.3) is 6.43 Å². The van der Waals surface area contributed by atoms with Gasteiger partial charge in [0.15, 0.2) is 5.82 Å². The zero-order valence-corrected chi connectivity index (χ0v) is 18.0. The van der Waals surface area contributed by atoms with Gasteiger partial charge in [0, 0.05) is 11.9 Å². The fourth-order valence-corrected chi connectivity index (χ4v) is 3.60. The largest absolute Gasteiger partial charge is 0.405 e. The molecule has 36 heavy (non-hydrogen) atoms. The molecule has 1 aliphatic carbocycles. The van der Waals surface area contributed by atoms with Gasteiger partial charge in [-0.1, -0.05) is 12.0 Å². The van der Waals surface area contributed by atoms with E-state index >= 15 is 0 Å². The highest BCUT2D eigenvalue weighted by molar-refractivity contribution is 5.92. The quantitative estimate of drug-likeness (QED) is 0.273. The SMILES string of the molecule is O=c1nc(N(CC(F)F)c2ccnc(C#CC3(C(F)(F)F)CC3)c2)c2c(F)cccc2n1C(O)(O)O. The van der Waals surface area contributed by atoms with Crippen LogP contribution in [-0.4, -0.2) is 49.0 Å². The first-order chi connectivity index (χ1) is 16.7. The van der Waals surface area contributed by atoms with Crippen LogP contribution in [0, 0.1) is 23.1 Å². The second kappa shape index (κ2) is 8.77. The zero-order valence-electron chi connectivity index (χ0n) is 18.0. The van der Waals surface area contributed by atoms with E-state index in [1.54, 1.807) is 0 Å². The van der Waals surface area contributed by atoms with Crippen molar-refractivity contribution in [1.29, 1.82) is 0 Å². The van der Waals surface area contributed by atoms with Crippen molar-refractivity contribution in [3.05, 3.63) is 58.5 Å². The highest BCUT2D eigenvalue weighted by Crippen LogP contribution is 2.57. The van der Waals surface area contributed by atoms with Crippen LogP contribution in [0.3, 0.4) is 0 Å². The lowest BCUT2D eigenvalue weighted by atomic mass is 10.1. The molecule has 3 aromatic rings. The van der Waals surface area contributed by atoms with Crippen LogP contribution in [0.5, 0.6) is 0 Å². The maximum absolute atomic E-state index is 14.9. The molecule has 2 heterocycles. The molecule has 2 aromatic heterocycles. The zero-order chi connectivity index (χ0) is 26.5. The Morgan fingerprint density at radius 3 is 2.44 bits per heavy atom. The molecule has 0 atom stereocenters. The van der Waals surface area contributed by atoms with Gasteiger partial charge in [-0.2, -0.15) is 18.2 Å². The molecular weight excluding hydrogens is 498 g/mol. The Kier molecular flexibility index (Phi) is 6.19. The average molecular weight is 514 g/mol. The summed E-state index contributed by atoms with van der Waals surface area (Å²) >= 11 is 0. The fraction of sp³-hybridized carbons (Fsp3) is 0.318. The minimum Gasteiger partial charge on any atom is -0.325 e. The number of nitrogens with zero attached hydrogens (tertiary/aromatic N) is 4. The molecule has 0 aliphatic heterocycles.